The molecule has 0 unspecified atom stereocenters. The molecule has 0 aliphatic carbocycles. The number of furan rings is 1. The SMILES string of the molecule is CCOc1cccc2cc(-c3nn(CC(=O)N4CCN(c5ccc(C#N)cn5)CC4)c(=O)o3)oc12. The number of aromatic nitrogens is 3. The number of pyridine rings is 1. The van der Waals surface area contributed by atoms with E-state index in [0.29, 0.717) is 49.7 Å². The highest BCUT2D eigenvalue weighted by atomic mass is 16.5. The van der Waals surface area contributed by atoms with Crippen LogP contribution in [-0.4, -0.2) is 58.4 Å². The highest BCUT2D eigenvalue weighted by molar-refractivity contribution is 5.86. The van der Waals surface area contributed by atoms with Gasteiger partial charge in [-0.2, -0.15) is 9.94 Å². The quantitative estimate of drug-likeness (QED) is 0.413. The highest BCUT2D eigenvalue weighted by Gasteiger charge is 2.24. The fourth-order valence-corrected chi connectivity index (χ4v) is 3.97. The molecular weight excluding hydrogens is 452 g/mol. The third-order valence-corrected chi connectivity index (χ3v) is 5.74. The Balaban J connectivity index is 1.25. The summed E-state index contributed by atoms with van der Waals surface area (Å²) >= 11 is 0. The molecule has 178 valence electrons. The van der Waals surface area contributed by atoms with Crippen LogP contribution in [0.5, 0.6) is 5.75 Å². The monoisotopic (exact) mass is 474 g/mol. The van der Waals surface area contributed by atoms with Gasteiger partial charge in [0.05, 0.1) is 12.2 Å². The van der Waals surface area contributed by atoms with E-state index in [2.05, 4.69) is 10.1 Å². The Morgan fingerprint density at radius 1 is 1.17 bits per heavy atom. The van der Waals surface area contributed by atoms with Crippen molar-refractivity contribution in [2.24, 2.45) is 0 Å². The molecule has 1 aliphatic rings. The molecule has 5 rings (SSSR count). The molecule has 0 saturated carbocycles. The smallest absolute Gasteiger partial charge is 0.437 e. The number of benzene rings is 1. The molecule has 11 nitrogen and oxygen atoms in total. The van der Waals surface area contributed by atoms with Crippen molar-refractivity contribution >= 4 is 22.7 Å². The number of nitriles is 1. The summed E-state index contributed by atoms with van der Waals surface area (Å²) in [6.07, 6.45) is 1.53. The average Bonchev–Trinajstić information content (AvgIpc) is 3.48. The van der Waals surface area contributed by atoms with Crippen LogP contribution in [0.4, 0.5) is 5.82 Å². The first kappa shape index (κ1) is 22.2. The van der Waals surface area contributed by atoms with Crippen LogP contribution in [0.25, 0.3) is 22.6 Å². The predicted octanol–water partition coefficient (Wildman–Crippen LogP) is 2.26. The van der Waals surface area contributed by atoms with E-state index in [1.54, 1.807) is 29.2 Å². The molecule has 3 aromatic heterocycles. The van der Waals surface area contributed by atoms with Gasteiger partial charge in [0.2, 0.25) is 5.91 Å². The molecule has 0 N–H and O–H groups in total. The van der Waals surface area contributed by atoms with Crippen LogP contribution >= 0.6 is 0 Å². The Hall–Kier alpha value is -4.59. The van der Waals surface area contributed by atoms with Gasteiger partial charge in [0.15, 0.2) is 17.1 Å². The molecule has 35 heavy (non-hydrogen) atoms. The summed E-state index contributed by atoms with van der Waals surface area (Å²) in [5.41, 5.74) is 1.03. The van der Waals surface area contributed by atoms with E-state index in [4.69, 9.17) is 18.8 Å². The molecule has 4 heterocycles. The third kappa shape index (κ3) is 4.46. The van der Waals surface area contributed by atoms with Crippen LogP contribution in [0, 0.1) is 11.3 Å². The molecule has 11 heteroatoms. The lowest BCUT2D eigenvalue weighted by molar-refractivity contribution is -0.132. The third-order valence-electron chi connectivity index (χ3n) is 5.74. The molecule has 1 amide bonds. The van der Waals surface area contributed by atoms with Gasteiger partial charge in [-0.15, -0.1) is 5.10 Å². The van der Waals surface area contributed by atoms with Crippen molar-refractivity contribution < 1.29 is 18.4 Å². The second-order valence-electron chi connectivity index (χ2n) is 7.93. The van der Waals surface area contributed by atoms with Gasteiger partial charge >= 0.3 is 5.76 Å². The van der Waals surface area contributed by atoms with Gasteiger partial charge in [-0.05, 0) is 31.2 Å². The fraction of sp³-hybridized carbons (Fsp3) is 0.292. The van der Waals surface area contributed by atoms with Crippen LogP contribution in [-0.2, 0) is 11.3 Å². The van der Waals surface area contributed by atoms with E-state index in [0.717, 1.165) is 15.9 Å². The van der Waals surface area contributed by atoms with Gasteiger partial charge < -0.3 is 23.4 Å². The molecule has 1 aliphatic heterocycles. The summed E-state index contributed by atoms with van der Waals surface area (Å²) in [7, 11) is 0. The van der Waals surface area contributed by atoms with E-state index >= 15 is 0 Å². The Bertz CT molecular complexity index is 1450. The molecule has 0 radical (unpaired) electrons. The van der Waals surface area contributed by atoms with Crippen LogP contribution in [0.2, 0.25) is 0 Å². The Kier molecular flexibility index (Phi) is 5.93. The number of hydrogen-bond donors (Lipinski definition) is 0. The molecule has 0 bridgehead atoms. The first-order valence-electron chi connectivity index (χ1n) is 11.2. The van der Waals surface area contributed by atoms with Crippen LogP contribution in [0.3, 0.4) is 0 Å². The van der Waals surface area contributed by atoms with Gasteiger partial charge in [0.25, 0.3) is 5.89 Å². The number of nitrogens with zero attached hydrogens (tertiary/aromatic N) is 6. The lowest BCUT2D eigenvalue weighted by Gasteiger charge is -2.35. The number of piperazine rings is 1. The van der Waals surface area contributed by atoms with Crippen molar-refractivity contribution in [3.8, 4) is 23.5 Å². The molecule has 0 atom stereocenters. The van der Waals surface area contributed by atoms with Crippen molar-refractivity contribution in [2.45, 2.75) is 13.5 Å². The minimum atomic E-state index is -0.737. The number of fused-ring (bicyclic) bond motifs is 1. The number of carbonyl (C=O) groups excluding carboxylic acids is 1. The van der Waals surface area contributed by atoms with Crippen molar-refractivity contribution in [2.75, 3.05) is 37.7 Å². The maximum Gasteiger partial charge on any atom is 0.437 e. The van der Waals surface area contributed by atoms with Crippen molar-refractivity contribution in [3.63, 3.8) is 0 Å². The maximum absolute atomic E-state index is 12.8. The molecule has 4 aromatic rings. The number of anilines is 1. The summed E-state index contributed by atoms with van der Waals surface area (Å²) in [5, 5.41) is 13.9. The van der Waals surface area contributed by atoms with Crippen LogP contribution in [0.15, 0.2) is 56.2 Å². The van der Waals surface area contributed by atoms with E-state index in [9.17, 15) is 9.59 Å². The lowest BCUT2D eigenvalue weighted by atomic mass is 10.2. The fourth-order valence-electron chi connectivity index (χ4n) is 3.97. The number of carbonyl (C=O) groups is 1. The number of ether oxygens (including phenoxy) is 1. The van der Waals surface area contributed by atoms with Gasteiger partial charge in [-0.3, -0.25) is 4.79 Å². The summed E-state index contributed by atoms with van der Waals surface area (Å²) in [6.45, 7) is 4.26. The van der Waals surface area contributed by atoms with Gasteiger partial charge in [-0.1, -0.05) is 12.1 Å². The summed E-state index contributed by atoms with van der Waals surface area (Å²) in [4.78, 5) is 33.2. The number of rotatable bonds is 6. The van der Waals surface area contributed by atoms with Crippen molar-refractivity contribution in [1.29, 1.82) is 5.26 Å². The Labute approximate surface area is 199 Å². The number of para-hydroxylation sites is 1. The Morgan fingerprint density at radius 3 is 2.71 bits per heavy atom. The van der Waals surface area contributed by atoms with E-state index < -0.39 is 5.76 Å². The van der Waals surface area contributed by atoms with Gasteiger partial charge in [-0.25, -0.2) is 9.78 Å². The van der Waals surface area contributed by atoms with Gasteiger partial charge in [0.1, 0.15) is 18.4 Å². The zero-order valence-corrected chi connectivity index (χ0v) is 19.0. The van der Waals surface area contributed by atoms with Crippen LogP contribution < -0.4 is 15.4 Å². The van der Waals surface area contributed by atoms with Gasteiger partial charge in [0, 0.05) is 37.8 Å². The van der Waals surface area contributed by atoms with E-state index in [1.165, 1.54) is 6.20 Å². The summed E-state index contributed by atoms with van der Waals surface area (Å²) in [5.74, 6) is 0.648. The second-order valence-corrected chi connectivity index (χ2v) is 7.93. The first-order valence-corrected chi connectivity index (χ1v) is 11.2. The minimum absolute atomic E-state index is 0.00171. The molecule has 1 saturated heterocycles. The lowest BCUT2D eigenvalue weighted by Crippen LogP contribution is -2.50. The zero-order valence-electron chi connectivity index (χ0n) is 19.0. The summed E-state index contributed by atoms with van der Waals surface area (Å²) < 4.78 is 17.7. The van der Waals surface area contributed by atoms with E-state index in [1.807, 2.05) is 30.0 Å². The first-order chi connectivity index (χ1) is 17.1. The summed E-state index contributed by atoms with van der Waals surface area (Å²) in [6, 6.07) is 12.8. The largest absolute Gasteiger partial charge is 0.490 e. The minimum Gasteiger partial charge on any atom is -0.490 e. The predicted molar refractivity (Wildman–Crippen MR) is 125 cm³/mol. The number of amides is 1. The van der Waals surface area contributed by atoms with E-state index in [-0.39, 0.29) is 24.1 Å². The topological polar surface area (TPSA) is 131 Å². The number of hydrogen-bond acceptors (Lipinski definition) is 9. The molecule has 1 aromatic carbocycles. The maximum atomic E-state index is 12.8. The molecule has 0 spiro atoms. The average molecular weight is 474 g/mol. The zero-order chi connectivity index (χ0) is 24.4. The van der Waals surface area contributed by atoms with Crippen molar-refractivity contribution in [3.05, 3.63) is 58.7 Å². The van der Waals surface area contributed by atoms with Crippen molar-refractivity contribution in [1.82, 2.24) is 19.7 Å². The normalized spacial score (nSPS) is 13.7. The highest BCUT2D eigenvalue weighted by Crippen LogP contribution is 2.32. The molecule has 1 fully saturated rings. The standard InChI is InChI=1S/C24H22N6O5/c1-2-33-18-5-3-4-17-12-19(34-22(17)18)23-27-30(24(32)35-23)15-21(31)29-10-8-28(9-11-29)20-7-6-16(13-25)14-26-20/h3-7,12,14H,2,8-11,15H2,1H3. The Morgan fingerprint density at radius 2 is 2.00 bits per heavy atom. The van der Waals surface area contributed by atoms with Crippen LogP contribution in [0.1, 0.15) is 12.5 Å². The molecular formula is C24H22N6O5. The second kappa shape index (κ2) is 9.34.